The largest absolute Gasteiger partial charge is 0.352 e. The molecule has 1 aliphatic heterocycles. The van der Waals surface area contributed by atoms with Gasteiger partial charge in [0.15, 0.2) is 0 Å². The van der Waals surface area contributed by atoms with E-state index in [4.69, 9.17) is 0 Å². The van der Waals surface area contributed by atoms with Gasteiger partial charge in [0, 0.05) is 32.2 Å². The predicted molar refractivity (Wildman–Crippen MR) is 127 cm³/mol. The van der Waals surface area contributed by atoms with Gasteiger partial charge in [0.25, 0.3) is 0 Å². The summed E-state index contributed by atoms with van der Waals surface area (Å²) < 4.78 is 27.8. The van der Waals surface area contributed by atoms with E-state index in [0.717, 1.165) is 6.42 Å². The second-order valence-electron chi connectivity index (χ2n) is 10.0. The summed E-state index contributed by atoms with van der Waals surface area (Å²) >= 11 is 0. The van der Waals surface area contributed by atoms with E-state index in [1.54, 1.807) is 16.4 Å². The summed E-state index contributed by atoms with van der Waals surface area (Å²) in [5.74, 6) is 1.18. The first-order valence-electron chi connectivity index (χ1n) is 12.6. The number of rotatable bonds is 6. The fourth-order valence-electron chi connectivity index (χ4n) is 5.61. The van der Waals surface area contributed by atoms with Gasteiger partial charge in [-0.05, 0) is 55.2 Å². The normalized spacial score (nSPS) is 26.7. The maximum atomic E-state index is 13.1. The molecular formula is C25H39N3O3S. The lowest BCUT2D eigenvalue weighted by Crippen LogP contribution is -2.52. The van der Waals surface area contributed by atoms with Crippen LogP contribution in [0.2, 0.25) is 0 Å². The molecule has 0 radical (unpaired) electrons. The smallest absolute Gasteiger partial charge is 0.243 e. The molecule has 6 nitrogen and oxygen atoms in total. The molecule has 1 saturated heterocycles. The molecular weight excluding hydrogens is 422 g/mol. The van der Waals surface area contributed by atoms with E-state index in [2.05, 4.69) is 17.1 Å². The fourth-order valence-corrected chi connectivity index (χ4v) is 7.03. The van der Waals surface area contributed by atoms with Crippen LogP contribution < -0.4 is 5.32 Å². The van der Waals surface area contributed by atoms with E-state index in [1.807, 2.05) is 12.1 Å². The van der Waals surface area contributed by atoms with Gasteiger partial charge in [-0.3, -0.25) is 9.69 Å². The van der Waals surface area contributed by atoms with Gasteiger partial charge in [-0.1, -0.05) is 51.2 Å². The van der Waals surface area contributed by atoms with Gasteiger partial charge in [0.1, 0.15) is 0 Å². The number of carbonyl (C=O) groups is 1. The molecule has 32 heavy (non-hydrogen) atoms. The van der Waals surface area contributed by atoms with Crippen molar-refractivity contribution in [2.75, 3.05) is 32.7 Å². The van der Waals surface area contributed by atoms with Gasteiger partial charge in [0.05, 0.1) is 11.4 Å². The highest BCUT2D eigenvalue weighted by atomic mass is 32.2. The van der Waals surface area contributed by atoms with Crippen LogP contribution in [0.4, 0.5) is 0 Å². The summed E-state index contributed by atoms with van der Waals surface area (Å²) in [7, 11) is -3.49. The maximum absolute atomic E-state index is 13.1. The Kier molecular flexibility index (Phi) is 7.90. The predicted octanol–water partition coefficient (Wildman–Crippen LogP) is 3.74. The molecule has 178 valence electrons. The number of piperazine rings is 1. The summed E-state index contributed by atoms with van der Waals surface area (Å²) in [6, 6.07) is 7.87. The van der Waals surface area contributed by atoms with Crippen molar-refractivity contribution in [3.05, 3.63) is 29.8 Å². The van der Waals surface area contributed by atoms with E-state index in [9.17, 15) is 13.2 Å². The van der Waals surface area contributed by atoms with Gasteiger partial charge >= 0.3 is 0 Å². The average molecular weight is 462 g/mol. The van der Waals surface area contributed by atoms with Crippen molar-refractivity contribution in [3.63, 3.8) is 0 Å². The lowest BCUT2D eigenvalue weighted by molar-refractivity contribution is -0.123. The third kappa shape index (κ3) is 5.72. The Morgan fingerprint density at radius 1 is 0.906 bits per heavy atom. The van der Waals surface area contributed by atoms with Crippen molar-refractivity contribution in [1.82, 2.24) is 14.5 Å². The number of benzene rings is 1. The van der Waals surface area contributed by atoms with Crippen LogP contribution >= 0.6 is 0 Å². The zero-order valence-corrected chi connectivity index (χ0v) is 20.3. The molecule has 1 amide bonds. The second kappa shape index (κ2) is 10.7. The summed E-state index contributed by atoms with van der Waals surface area (Å²) in [6.45, 7) is 4.61. The van der Waals surface area contributed by atoms with Gasteiger partial charge in [-0.25, -0.2) is 8.42 Å². The molecule has 7 heteroatoms. The van der Waals surface area contributed by atoms with Crippen LogP contribution in [0.25, 0.3) is 0 Å². The van der Waals surface area contributed by atoms with Gasteiger partial charge < -0.3 is 5.32 Å². The number of nitrogens with one attached hydrogen (secondary N) is 1. The Balaban J connectivity index is 1.27. The molecule has 3 fully saturated rings. The zero-order chi connectivity index (χ0) is 22.6. The number of nitrogens with zero attached hydrogens (tertiary/aromatic N) is 2. The third-order valence-electron chi connectivity index (χ3n) is 7.75. The lowest BCUT2D eigenvalue weighted by Gasteiger charge is -2.34. The molecule has 1 N–H and O–H groups in total. The molecule has 3 aliphatic rings. The topological polar surface area (TPSA) is 69.7 Å². The summed E-state index contributed by atoms with van der Waals surface area (Å²) in [4.78, 5) is 15.0. The van der Waals surface area contributed by atoms with Crippen LogP contribution in [0.1, 0.15) is 76.2 Å². The quantitative estimate of drug-likeness (QED) is 0.701. The molecule has 4 rings (SSSR count). The number of amides is 1. The van der Waals surface area contributed by atoms with E-state index in [1.165, 1.54) is 56.9 Å². The zero-order valence-electron chi connectivity index (χ0n) is 19.5. The Bertz CT molecular complexity index is 857. The first-order chi connectivity index (χ1) is 15.4. The second-order valence-corrected chi connectivity index (χ2v) is 12.0. The van der Waals surface area contributed by atoms with E-state index in [-0.39, 0.29) is 11.9 Å². The van der Waals surface area contributed by atoms with Crippen LogP contribution in [0, 0.1) is 5.92 Å². The molecule has 0 aromatic heterocycles. The van der Waals surface area contributed by atoms with Gasteiger partial charge in [-0.2, -0.15) is 4.31 Å². The molecule has 2 atom stereocenters. The minimum Gasteiger partial charge on any atom is -0.352 e. The molecule has 2 saturated carbocycles. The molecule has 1 aromatic rings. The van der Waals surface area contributed by atoms with E-state index < -0.39 is 10.0 Å². The Hall–Kier alpha value is -1.44. The molecule has 1 aromatic carbocycles. The van der Waals surface area contributed by atoms with E-state index in [0.29, 0.717) is 49.5 Å². The first-order valence-corrected chi connectivity index (χ1v) is 14.0. The SMILES string of the molecule is C[C@@H]1CCCC[C@H]1NC(=O)CN1CCN(S(=O)(=O)c2ccc(C3CCCCC3)cc2)CC1. The summed E-state index contributed by atoms with van der Waals surface area (Å²) in [5, 5.41) is 3.20. The highest BCUT2D eigenvalue weighted by Crippen LogP contribution is 2.33. The van der Waals surface area contributed by atoms with Crippen molar-refractivity contribution in [1.29, 1.82) is 0 Å². The fraction of sp³-hybridized carbons (Fsp3) is 0.720. The Morgan fingerprint density at radius 3 is 2.19 bits per heavy atom. The maximum Gasteiger partial charge on any atom is 0.243 e. The van der Waals surface area contributed by atoms with Crippen LogP contribution in [0.3, 0.4) is 0 Å². The van der Waals surface area contributed by atoms with Crippen LogP contribution in [-0.2, 0) is 14.8 Å². The molecule has 1 heterocycles. The highest BCUT2D eigenvalue weighted by molar-refractivity contribution is 7.89. The van der Waals surface area contributed by atoms with Gasteiger partial charge in [0.2, 0.25) is 15.9 Å². The standard InChI is InChI=1S/C25H39N3O3S/c1-20-7-5-6-10-24(20)26-25(29)19-27-15-17-28(18-16-27)32(30,31)23-13-11-22(12-14-23)21-8-3-2-4-9-21/h11-14,20-21,24H,2-10,15-19H2,1H3,(H,26,29)/t20-,24-/m1/s1. The van der Waals surface area contributed by atoms with Crippen LogP contribution in [0.15, 0.2) is 29.2 Å². The minimum absolute atomic E-state index is 0.0679. The molecule has 2 aliphatic carbocycles. The van der Waals surface area contributed by atoms with Crippen LogP contribution in [-0.4, -0.2) is 62.3 Å². The molecule has 0 spiro atoms. The summed E-state index contributed by atoms with van der Waals surface area (Å²) in [5.41, 5.74) is 1.27. The molecule has 0 bridgehead atoms. The Labute approximate surface area is 193 Å². The minimum atomic E-state index is -3.49. The van der Waals surface area contributed by atoms with Crippen molar-refractivity contribution in [3.8, 4) is 0 Å². The average Bonchev–Trinajstić information content (AvgIpc) is 2.81. The van der Waals surface area contributed by atoms with Gasteiger partial charge in [-0.15, -0.1) is 0 Å². The third-order valence-corrected chi connectivity index (χ3v) is 9.66. The number of carbonyl (C=O) groups excluding carboxylic acids is 1. The monoisotopic (exact) mass is 461 g/mol. The van der Waals surface area contributed by atoms with Crippen molar-refractivity contribution >= 4 is 15.9 Å². The number of hydrogen-bond donors (Lipinski definition) is 1. The number of sulfonamides is 1. The van der Waals surface area contributed by atoms with Crippen molar-refractivity contribution in [2.45, 2.75) is 81.6 Å². The lowest BCUT2D eigenvalue weighted by atomic mass is 9.84. The molecule has 0 unspecified atom stereocenters. The number of hydrogen-bond acceptors (Lipinski definition) is 4. The summed E-state index contributed by atoms with van der Waals surface area (Å²) in [6.07, 6.45) is 11.0. The first kappa shape index (κ1) is 23.7. The van der Waals surface area contributed by atoms with Crippen molar-refractivity contribution in [2.24, 2.45) is 5.92 Å². The van der Waals surface area contributed by atoms with Crippen molar-refractivity contribution < 1.29 is 13.2 Å². The highest BCUT2D eigenvalue weighted by Gasteiger charge is 2.30. The van der Waals surface area contributed by atoms with E-state index >= 15 is 0 Å². The van der Waals surface area contributed by atoms with Crippen LogP contribution in [0.5, 0.6) is 0 Å². The Morgan fingerprint density at radius 2 is 1.53 bits per heavy atom.